The van der Waals surface area contributed by atoms with Crippen LogP contribution in [0.4, 0.5) is 11.9 Å². The van der Waals surface area contributed by atoms with Crippen molar-refractivity contribution in [2.75, 3.05) is 11.1 Å². The minimum Gasteiger partial charge on any atom is -0.368 e. The minimum absolute atomic E-state index is 0.153. The molecule has 0 spiro atoms. The molecule has 3 heterocycles. The molecule has 0 bridgehead atoms. The van der Waals surface area contributed by atoms with Crippen molar-refractivity contribution in [1.29, 1.82) is 0 Å². The summed E-state index contributed by atoms with van der Waals surface area (Å²) in [4.78, 5) is 13.5. The van der Waals surface area contributed by atoms with Crippen LogP contribution in [0, 0.1) is 0 Å². The minimum atomic E-state index is 0.153. The molecule has 20 heavy (non-hydrogen) atoms. The van der Waals surface area contributed by atoms with Crippen molar-refractivity contribution in [2.45, 2.75) is 6.54 Å². The van der Waals surface area contributed by atoms with E-state index in [0.29, 0.717) is 18.4 Å². The Balaban J connectivity index is 1.79. The van der Waals surface area contributed by atoms with Gasteiger partial charge >= 0.3 is 0 Å². The molecule has 0 aromatic carbocycles. The Kier molecular flexibility index (Phi) is 3.61. The normalized spacial score (nSPS) is 10.7. The van der Waals surface area contributed by atoms with Gasteiger partial charge in [0.1, 0.15) is 0 Å². The summed E-state index contributed by atoms with van der Waals surface area (Å²) in [5.74, 6) is 0.963. The lowest BCUT2D eigenvalue weighted by atomic mass is 10.5. The van der Waals surface area contributed by atoms with Gasteiger partial charge in [0.2, 0.25) is 11.9 Å². The van der Waals surface area contributed by atoms with Crippen molar-refractivity contribution < 1.29 is 0 Å². The number of nitrogens with zero attached hydrogens (tertiary/aromatic N) is 5. The molecule has 0 atom stereocenters. The van der Waals surface area contributed by atoms with Crippen LogP contribution in [0.2, 0.25) is 0 Å². The summed E-state index contributed by atoms with van der Waals surface area (Å²) in [5.41, 5.74) is 5.69. The summed E-state index contributed by atoms with van der Waals surface area (Å²) < 4.78 is 2.62. The van der Waals surface area contributed by atoms with Crippen LogP contribution in [0.15, 0.2) is 34.4 Å². The summed E-state index contributed by atoms with van der Waals surface area (Å²) in [7, 11) is 0. The van der Waals surface area contributed by atoms with Crippen molar-refractivity contribution in [3.63, 3.8) is 0 Å². The number of nitrogens with one attached hydrogen (secondary N) is 1. The molecular formula is C11H10BrN7S. The van der Waals surface area contributed by atoms with E-state index >= 15 is 0 Å². The molecule has 0 saturated carbocycles. The number of hydrogen-bond acceptors (Lipinski definition) is 7. The molecule has 0 aliphatic rings. The summed E-state index contributed by atoms with van der Waals surface area (Å²) in [6.45, 7) is 0.623. The summed E-state index contributed by atoms with van der Waals surface area (Å²) in [6.07, 6.45) is 3.39. The molecular weight excluding hydrogens is 342 g/mol. The number of thiophene rings is 1. The number of aromatic nitrogens is 5. The van der Waals surface area contributed by atoms with Crippen molar-refractivity contribution in [3.05, 3.63) is 39.3 Å². The molecule has 0 aliphatic carbocycles. The standard InChI is InChI=1S/C11H10BrN7S/c12-8-3-2-7(20-8)6-14-10-16-9(13)17-11(18-10)19-5-1-4-15-19/h1-5H,6H2,(H3,13,14,16,17,18). The highest BCUT2D eigenvalue weighted by Crippen LogP contribution is 2.22. The Hall–Kier alpha value is -2.00. The first-order valence-electron chi connectivity index (χ1n) is 5.70. The van der Waals surface area contributed by atoms with E-state index in [1.54, 1.807) is 29.8 Å². The third-order valence-electron chi connectivity index (χ3n) is 2.40. The first-order chi connectivity index (χ1) is 9.70. The van der Waals surface area contributed by atoms with Crippen LogP contribution in [0.5, 0.6) is 0 Å². The van der Waals surface area contributed by atoms with Gasteiger partial charge in [-0.25, -0.2) is 4.68 Å². The summed E-state index contributed by atoms with van der Waals surface area (Å²) in [5, 5.41) is 7.19. The fourth-order valence-electron chi connectivity index (χ4n) is 1.56. The Morgan fingerprint density at radius 2 is 2.20 bits per heavy atom. The van der Waals surface area contributed by atoms with Gasteiger partial charge in [-0.3, -0.25) is 0 Å². The lowest BCUT2D eigenvalue weighted by Crippen LogP contribution is -2.11. The smallest absolute Gasteiger partial charge is 0.257 e. The molecule has 0 saturated heterocycles. The Morgan fingerprint density at radius 3 is 2.90 bits per heavy atom. The van der Waals surface area contributed by atoms with Gasteiger partial charge in [0.15, 0.2) is 0 Å². The second kappa shape index (κ2) is 5.55. The number of hydrogen-bond donors (Lipinski definition) is 2. The molecule has 0 radical (unpaired) electrons. The molecule has 0 amide bonds. The van der Waals surface area contributed by atoms with Crippen LogP contribution >= 0.6 is 27.3 Å². The number of nitrogens with two attached hydrogens (primary N) is 1. The van der Waals surface area contributed by atoms with Gasteiger partial charge in [0.05, 0.1) is 10.3 Å². The molecule has 3 aromatic rings. The average Bonchev–Trinajstić information content (AvgIpc) is 3.07. The van der Waals surface area contributed by atoms with Gasteiger partial charge in [0.25, 0.3) is 5.95 Å². The average molecular weight is 352 g/mol. The van der Waals surface area contributed by atoms with Crippen molar-refractivity contribution >= 4 is 39.2 Å². The topological polar surface area (TPSA) is 94.5 Å². The molecule has 0 unspecified atom stereocenters. The van der Waals surface area contributed by atoms with E-state index in [4.69, 9.17) is 5.73 Å². The highest BCUT2D eigenvalue weighted by Gasteiger charge is 2.07. The summed E-state index contributed by atoms with van der Waals surface area (Å²) >= 11 is 5.07. The second-order valence-electron chi connectivity index (χ2n) is 3.83. The summed E-state index contributed by atoms with van der Waals surface area (Å²) in [6, 6.07) is 5.82. The van der Waals surface area contributed by atoms with E-state index in [0.717, 1.165) is 8.66 Å². The van der Waals surface area contributed by atoms with Crippen molar-refractivity contribution in [3.8, 4) is 5.95 Å². The van der Waals surface area contributed by atoms with Gasteiger partial charge in [-0.2, -0.15) is 20.1 Å². The van der Waals surface area contributed by atoms with Gasteiger partial charge in [-0.05, 0) is 34.1 Å². The highest BCUT2D eigenvalue weighted by molar-refractivity contribution is 9.11. The van der Waals surface area contributed by atoms with Crippen LogP contribution in [0.25, 0.3) is 5.95 Å². The quantitative estimate of drug-likeness (QED) is 0.747. The lowest BCUT2D eigenvalue weighted by Gasteiger charge is -2.06. The monoisotopic (exact) mass is 351 g/mol. The van der Waals surface area contributed by atoms with Gasteiger partial charge in [-0.15, -0.1) is 11.3 Å². The predicted molar refractivity (Wildman–Crippen MR) is 80.7 cm³/mol. The molecule has 0 aliphatic heterocycles. The van der Waals surface area contributed by atoms with E-state index in [2.05, 4.69) is 41.3 Å². The highest BCUT2D eigenvalue weighted by atomic mass is 79.9. The SMILES string of the molecule is Nc1nc(NCc2ccc(Br)s2)nc(-n2cccn2)n1. The Bertz CT molecular complexity index is 709. The molecule has 3 rings (SSSR count). The third-order valence-corrected chi connectivity index (χ3v) is 4.02. The molecule has 9 heteroatoms. The fourth-order valence-corrected chi connectivity index (χ4v) is 2.99. The first kappa shape index (κ1) is 13.0. The van der Waals surface area contributed by atoms with Crippen LogP contribution in [-0.2, 0) is 6.54 Å². The zero-order valence-electron chi connectivity index (χ0n) is 10.2. The van der Waals surface area contributed by atoms with Crippen molar-refractivity contribution in [1.82, 2.24) is 24.7 Å². The van der Waals surface area contributed by atoms with Crippen LogP contribution < -0.4 is 11.1 Å². The fraction of sp³-hybridized carbons (Fsp3) is 0.0909. The molecule has 3 aromatic heterocycles. The van der Waals surface area contributed by atoms with Gasteiger partial charge in [0, 0.05) is 17.3 Å². The Morgan fingerprint density at radius 1 is 1.30 bits per heavy atom. The molecule has 102 valence electrons. The zero-order valence-corrected chi connectivity index (χ0v) is 12.6. The first-order valence-corrected chi connectivity index (χ1v) is 7.31. The van der Waals surface area contributed by atoms with Crippen LogP contribution in [-0.4, -0.2) is 24.7 Å². The number of rotatable bonds is 4. The Labute approximate surface area is 127 Å². The van der Waals surface area contributed by atoms with Gasteiger partial charge < -0.3 is 11.1 Å². The van der Waals surface area contributed by atoms with E-state index in [1.807, 2.05) is 12.1 Å². The second-order valence-corrected chi connectivity index (χ2v) is 6.37. The maximum atomic E-state index is 5.69. The maximum Gasteiger partial charge on any atom is 0.257 e. The number of anilines is 2. The third kappa shape index (κ3) is 2.94. The van der Waals surface area contributed by atoms with Crippen LogP contribution in [0.1, 0.15) is 4.88 Å². The van der Waals surface area contributed by atoms with E-state index in [-0.39, 0.29) is 5.95 Å². The molecule has 3 N–H and O–H groups in total. The van der Waals surface area contributed by atoms with E-state index in [9.17, 15) is 0 Å². The largest absolute Gasteiger partial charge is 0.368 e. The number of nitrogen functional groups attached to an aromatic ring is 1. The van der Waals surface area contributed by atoms with Gasteiger partial charge in [-0.1, -0.05) is 0 Å². The lowest BCUT2D eigenvalue weighted by molar-refractivity contribution is 0.799. The predicted octanol–water partition coefficient (Wildman–Crippen LogP) is 2.08. The van der Waals surface area contributed by atoms with Crippen LogP contribution in [0.3, 0.4) is 0 Å². The van der Waals surface area contributed by atoms with Crippen molar-refractivity contribution in [2.24, 2.45) is 0 Å². The molecule has 0 fully saturated rings. The number of halogens is 1. The zero-order chi connectivity index (χ0) is 13.9. The van der Waals surface area contributed by atoms with E-state index < -0.39 is 0 Å². The maximum absolute atomic E-state index is 5.69. The van der Waals surface area contributed by atoms with E-state index in [1.165, 1.54) is 4.68 Å². The molecule has 7 nitrogen and oxygen atoms in total.